The molecule has 0 saturated carbocycles. The topological polar surface area (TPSA) is 44.0 Å². The molecular formula is C26H31N2O4+. The van der Waals surface area contributed by atoms with Crippen LogP contribution in [-0.4, -0.2) is 52.5 Å². The van der Waals surface area contributed by atoms with E-state index in [1.165, 1.54) is 42.8 Å². The minimum absolute atomic E-state index is 0.676. The Labute approximate surface area is 189 Å². The van der Waals surface area contributed by atoms with Gasteiger partial charge in [0, 0.05) is 19.0 Å². The average molecular weight is 436 g/mol. The predicted octanol–water partition coefficient (Wildman–Crippen LogP) is 3.85. The average Bonchev–Trinajstić information content (AvgIpc) is 3.35. The van der Waals surface area contributed by atoms with Crippen LogP contribution in [0, 0.1) is 0 Å². The second-order valence-electron chi connectivity index (χ2n) is 8.46. The third-order valence-corrected chi connectivity index (χ3v) is 6.66. The van der Waals surface area contributed by atoms with Crippen LogP contribution in [0.5, 0.6) is 23.0 Å². The summed E-state index contributed by atoms with van der Waals surface area (Å²) in [6, 6.07) is 10.6. The van der Waals surface area contributed by atoms with E-state index < -0.39 is 0 Å². The van der Waals surface area contributed by atoms with Crippen LogP contribution in [0.15, 0.2) is 36.5 Å². The van der Waals surface area contributed by atoms with Crippen molar-refractivity contribution in [3.63, 3.8) is 0 Å². The molecular weight excluding hydrogens is 404 g/mol. The van der Waals surface area contributed by atoms with Gasteiger partial charge in [-0.2, -0.15) is 4.57 Å². The Bertz CT molecular complexity index is 1140. The fourth-order valence-corrected chi connectivity index (χ4v) is 4.95. The number of pyridine rings is 1. The molecule has 2 aliphatic heterocycles. The van der Waals surface area contributed by atoms with Gasteiger partial charge in [-0.1, -0.05) is 0 Å². The summed E-state index contributed by atoms with van der Waals surface area (Å²) in [5, 5.41) is 2.20. The lowest BCUT2D eigenvalue weighted by atomic mass is 9.95. The number of likely N-dealkylation sites (tertiary alicyclic amines) is 1. The van der Waals surface area contributed by atoms with Crippen LogP contribution in [0.2, 0.25) is 0 Å². The second-order valence-corrected chi connectivity index (χ2v) is 8.46. The molecule has 1 aromatic heterocycles. The van der Waals surface area contributed by atoms with Gasteiger partial charge in [0.1, 0.15) is 6.61 Å². The molecule has 0 spiro atoms. The Morgan fingerprint density at radius 3 is 2.44 bits per heavy atom. The number of rotatable bonds is 7. The maximum Gasteiger partial charge on any atom is 0.213 e. The molecule has 6 nitrogen and oxygen atoms in total. The number of fused-ring (bicyclic) bond motifs is 4. The molecule has 1 fully saturated rings. The summed E-state index contributed by atoms with van der Waals surface area (Å²) in [7, 11) is 5.08. The van der Waals surface area contributed by atoms with E-state index in [0.717, 1.165) is 53.3 Å². The summed E-state index contributed by atoms with van der Waals surface area (Å²) in [4.78, 5) is 2.46. The lowest BCUT2D eigenvalue weighted by Crippen LogP contribution is -2.40. The SMILES string of the molecule is COc1cc2c(cc1OC)-c1cc3ccc(OCCN4CCCC4)c(OC)c3c[n+]1CC2. The second kappa shape index (κ2) is 8.87. The number of methoxy groups -OCH3 is 3. The van der Waals surface area contributed by atoms with E-state index in [-0.39, 0.29) is 0 Å². The highest BCUT2D eigenvalue weighted by Crippen LogP contribution is 2.40. The standard InChI is InChI=1S/C26H31N2O4/c1-29-24-15-19-8-11-28-17-21-18(14-22(28)20(19)16-25(24)30-2)6-7-23(26(21)31-3)32-13-12-27-9-4-5-10-27/h6-7,14-17H,4-5,8-13H2,1-3H3/q+1. The zero-order valence-corrected chi connectivity index (χ0v) is 19.1. The highest BCUT2D eigenvalue weighted by atomic mass is 16.5. The maximum atomic E-state index is 6.15. The monoisotopic (exact) mass is 435 g/mol. The van der Waals surface area contributed by atoms with Crippen molar-refractivity contribution in [1.29, 1.82) is 0 Å². The molecule has 0 unspecified atom stereocenters. The molecule has 0 bridgehead atoms. The zero-order valence-electron chi connectivity index (χ0n) is 19.1. The molecule has 0 N–H and O–H groups in total. The van der Waals surface area contributed by atoms with Crippen LogP contribution in [-0.2, 0) is 13.0 Å². The number of ether oxygens (including phenoxy) is 4. The minimum atomic E-state index is 0.676. The summed E-state index contributed by atoms with van der Waals surface area (Å²) in [6.07, 6.45) is 5.72. The van der Waals surface area contributed by atoms with Gasteiger partial charge in [0.15, 0.2) is 35.7 Å². The van der Waals surface area contributed by atoms with Crippen molar-refractivity contribution in [3.05, 3.63) is 42.1 Å². The Balaban J connectivity index is 1.50. The van der Waals surface area contributed by atoms with Gasteiger partial charge in [-0.15, -0.1) is 0 Å². The normalized spacial score (nSPS) is 15.3. The molecule has 2 aromatic carbocycles. The summed E-state index contributed by atoms with van der Waals surface area (Å²) in [5.74, 6) is 3.14. The Morgan fingerprint density at radius 2 is 1.69 bits per heavy atom. The first-order chi connectivity index (χ1) is 15.7. The quantitative estimate of drug-likeness (QED) is 0.528. The summed E-state index contributed by atoms with van der Waals surface area (Å²) in [6.45, 7) is 4.90. The van der Waals surface area contributed by atoms with Crippen molar-refractivity contribution >= 4 is 10.8 Å². The highest BCUT2D eigenvalue weighted by Gasteiger charge is 2.27. The molecule has 3 heterocycles. The molecule has 0 aliphatic carbocycles. The van der Waals surface area contributed by atoms with E-state index in [9.17, 15) is 0 Å². The predicted molar refractivity (Wildman–Crippen MR) is 124 cm³/mol. The summed E-state index contributed by atoms with van der Waals surface area (Å²) in [5.41, 5.74) is 3.63. The third-order valence-electron chi connectivity index (χ3n) is 6.66. The number of benzene rings is 2. The zero-order chi connectivity index (χ0) is 22.1. The molecule has 3 aromatic rings. The molecule has 2 aliphatic rings. The van der Waals surface area contributed by atoms with Crippen molar-refractivity contribution in [1.82, 2.24) is 4.90 Å². The van der Waals surface area contributed by atoms with Crippen molar-refractivity contribution in [3.8, 4) is 34.3 Å². The fourth-order valence-electron chi connectivity index (χ4n) is 4.95. The first kappa shape index (κ1) is 20.9. The number of nitrogens with zero attached hydrogens (tertiary/aromatic N) is 2. The largest absolute Gasteiger partial charge is 0.493 e. The molecule has 32 heavy (non-hydrogen) atoms. The minimum Gasteiger partial charge on any atom is -0.493 e. The highest BCUT2D eigenvalue weighted by molar-refractivity contribution is 5.91. The van der Waals surface area contributed by atoms with E-state index in [2.05, 4.69) is 39.9 Å². The maximum absolute atomic E-state index is 6.15. The Morgan fingerprint density at radius 1 is 0.906 bits per heavy atom. The Kier molecular flexibility index (Phi) is 5.79. The van der Waals surface area contributed by atoms with Crippen molar-refractivity contribution in [2.24, 2.45) is 0 Å². The van der Waals surface area contributed by atoms with Gasteiger partial charge in [-0.3, -0.25) is 4.90 Å². The van der Waals surface area contributed by atoms with Crippen molar-refractivity contribution in [2.45, 2.75) is 25.8 Å². The van der Waals surface area contributed by atoms with Gasteiger partial charge in [0.05, 0.1) is 32.3 Å². The lowest BCUT2D eigenvalue weighted by Gasteiger charge is -2.19. The van der Waals surface area contributed by atoms with Crippen LogP contribution < -0.4 is 23.5 Å². The van der Waals surface area contributed by atoms with Crippen LogP contribution in [0.25, 0.3) is 22.0 Å². The van der Waals surface area contributed by atoms with Crippen LogP contribution in [0.1, 0.15) is 18.4 Å². The fraction of sp³-hybridized carbons (Fsp3) is 0.423. The van der Waals surface area contributed by atoms with E-state index in [1.54, 1.807) is 21.3 Å². The summed E-state index contributed by atoms with van der Waals surface area (Å²) >= 11 is 0. The number of hydrogen-bond acceptors (Lipinski definition) is 5. The molecule has 1 saturated heterocycles. The Hall–Kier alpha value is -2.99. The molecule has 0 atom stereocenters. The lowest BCUT2D eigenvalue weighted by molar-refractivity contribution is -0.686. The smallest absolute Gasteiger partial charge is 0.213 e. The molecule has 168 valence electrons. The number of hydrogen-bond donors (Lipinski definition) is 0. The van der Waals surface area contributed by atoms with Crippen LogP contribution >= 0.6 is 0 Å². The van der Waals surface area contributed by atoms with E-state index >= 15 is 0 Å². The van der Waals surface area contributed by atoms with Crippen molar-refractivity contribution in [2.75, 3.05) is 47.6 Å². The van der Waals surface area contributed by atoms with Gasteiger partial charge in [0.25, 0.3) is 0 Å². The third kappa shape index (κ3) is 3.73. The van der Waals surface area contributed by atoms with Gasteiger partial charge in [-0.05, 0) is 61.1 Å². The van der Waals surface area contributed by atoms with Crippen LogP contribution in [0.3, 0.4) is 0 Å². The summed E-state index contributed by atoms with van der Waals surface area (Å²) < 4.78 is 25.3. The van der Waals surface area contributed by atoms with Crippen molar-refractivity contribution < 1.29 is 23.5 Å². The molecule has 0 radical (unpaired) electrons. The number of aromatic nitrogens is 1. The molecule has 5 rings (SSSR count). The van der Waals surface area contributed by atoms with Crippen LogP contribution in [0.4, 0.5) is 0 Å². The van der Waals surface area contributed by atoms with E-state index in [1.807, 2.05) is 6.07 Å². The van der Waals surface area contributed by atoms with Gasteiger partial charge < -0.3 is 18.9 Å². The first-order valence-electron chi connectivity index (χ1n) is 11.4. The molecule has 6 heteroatoms. The molecule has 0 amide bonds. The van der Waals surface area contributed by atoms with Gasteiger partial charge in [0.2, 0.25) is 5.69 Å². The first-order valence-corrected chi connectivity index (χ1v) is 11.4. The van der Waals surface area contributed by atoms with Gasteiger partial charge in [-0.25, -0.2) is 0 Å². The van der Waals surface area contributed by atoms with Gasteiger partial charge >= 0.3 is 0 Å². The van der Waals surface area contributed by atoms with E-state index in [0.29, 0.717) is 6.61 Å². The number of aryl methyl sites for hydroxylation is 2. The van der Waals surface area contributed by atoms with E-state index in [4.69, 9.17) is 18.9 Å².